The normalized spacial score (nSPS) is 13.4. The largest absolute Gasteiger partial charge is 0.497 e. The minimum absolute atomic E-state index is 0.0970. The molecule has 0 radical (unpaired) electrons. The average Bonchev–Trinajstić information content (AvgIpc) is 2.69. The van der Waals surface area contributed by atoms with Gasteiger partial charge >= 0.3 is 0 Å². The van der Waals surface area contributed by atoms with Crippen molar-refractivity contribution in [1.29, 1.82) is 0 Å². The third kappa shape index (κ3) is 6.52. The molecule has 0 amide bonds. The summed E-state index contributed by atoms with van der Waals surface area (Å²) in [6, 6.07) is 15.4. The molecule has 0 fully saturated rings. The molecule has 0 saturated carbocycles. The fourth-order valence-corrected chi connectivity index (χ4v) is 2.90. The fourth-order valence-electron chi connectivity index (χ4n) is 2.90. The van der Waals surface area contributed by atoms with Gasteiger partial charge in [-0.2, -0.15) is 0 Å². The van der Waals surface area contributed by atoms with E-state index in [1.54, 1.807) is 14.2 Å². The Morgan fingerprint density at radius 1 is 0.889 bits per heavy atom. The van der Waals surface area contributed by atoms with E-state index in [0.717, 1.165) is 27.5 Å². The first-order chi connectivity index (χ1) is 13.1. The highest BCUT2D eigenvalue weighted by molar-refractivity contribution is 5.36. The van der Waals surface area contributed by atoms with Crippen molar-refractivity contribution in [3.63, 3.8) is 0 Å². The summed E-state index contributed by atoms with van der Waals surface area (Å²) < 4.78 is 16.6. The van der Waals surface area contributed by atoms with Gasteiger partial charge in [0.1, 0.15) is 36.8 Å². The summed E-state index contributed by atoms with van der Waals surface area (Å²) in [7, 11) is 5.20. The second kappa shape index (κ2) is 10.9. The number of nitrogens with one attached hydrogen (secondary N) is 1. The Morgan fingerprint density at radius 3 is 1.78 bits per heavy atom. The molecule has 0 bridgehead atoms. The lowest BCUT2D eigenvalue weighted by atomic mass is 10.0. The van der Waals surface area contributed by atoms with E-state index >= 15 is 0 Å². The van der Waals surface area contributed by atoms with Gasteiger partial charge in [-0.15, -0.1) is 0 Å². The van der Waals surface area contributed by atoms with Crippen molar-refractivity contribution in [2.45, 2.75) is 12.2 Å². The number of benzene rings is 2. The molecule has 27 heavy (non-hydrogen) atoms. The maximum Gasteiger partial charge on any atom is 0.126 e. The van der Waals surface area contributed by atoms with Gasteiger partial charge in [-0.05, 0) is 35.4 Å². The van der Waals surface area contributed by atoms with Crippen LogP contribution in [0.3, 0.4) is 0 Å². The summed E-state index contributed by atoms with van der Waals surface area (Å²) in [4.78, 5) is 1.05. The van der Waals surface area contributed by atoms with Crippen LogP contribution in [0.5, 0.6) is 11.5 Å². The van der Waals surface area contributed by atoms with Crippen LogP contribution in [-0.2, 0) is 4.74 Å². The van der Waals surface area contributed by atoms with Gasteiger partial charge < -0.3 is 29.3 Å². The van der Waals surface area contributed by atoms with Crippen molar-refractivity contribution in [2.24, 2.45) is 0 Å². The number of quaternary nitrogens is 1. The molecule has 0 aliphatic carbocycles. The van der Waals surface area contributed by atoms with Gasteiger partial charge in [-0.1, -0.05) is 24.3 Å². The molecule has 1 unspecified atom stereocenters. The van der Waals surface area contributed by atoms with E-state index in [9.17, 15) is 5.11 Å². The molecule has 0 saturated heterocycles. The van der Waals surface area contributed by atoms with Gasteiger partial charge in [0.05, 0.1) is 34.5 Å². The standard InChI is InChI=1S/C21H29NO5/c1-22(12-13-23)14-18(24)15-27-21(16-4-8-19(25-2)9-5-16)17-6-10-20(26-3)11-7-17/h4-11,18,21,23-24H,12-15H2,1-3H3/p+1/t18-/m1/s1. The number of rotatable bonds is 11. The molecule has 0 aliphatic rings. The van der Waals surface area contributed by atoms with Gasteiger partial charge in [0.15, 0.2) is 0 Å². The summed E-state index contributed by atoms with van der Waals surface area (Å²) in [5.41, 5.74) is 1.95. The SMILES string of the molecule is COc1ccc(C(OC[C@H](O)C[NH+](C)CCO)c2ccc(OC)cc2)cc1. The number of aliphatic hydroxyl groups excluding tert-OH is 2. The summed E-state index contributed by atoms with van der Waals surface area (Å²) in [5, 5.41) is 19.3. The Morgan fingerprint density at radius 2 is 1.37 bits per heavy atom. The zero-order chi connectivity index (χ0) is 19.6. The lowest BCUT2D eigenvalue weighted by Gasteiger charge is -2.22. The zero-order valence-electron chi connectivity index (χ0n) is 16.2. The van der Waals surface area contributed by atoms with Gasteiger partial charge in [-0.3, -0.25) is 0 Å². The Balaban J connectivity index is 2.13. The van der Waals surface area contributed by atoms with Crippen LogP contribution in [0.15, 0.2) is 48.5 Å². The van der Waals surface area contributed by atoms with Crippen LogP contribution >= 0.6 is 0 Å². The Kier molecular flexibility index (Phi) is 8.54. The minimum atomic E-state index is -0.615. The van der Waals surface area contributed by atoms with E-state index in [4.69, 9.17) is 19.3 Å². The van der Waals surface area contributed by atoms with E-state index in [-0.39, 0.29) is 19.3 Å². The molecule has 2 aromatic carbocycles. The number of likely N-dealkylation sites (N-methyl/N-ethyl adjacent to an activating group) is 1. The molecule has 0 spiro atoms. The number of ether oxygens (including phenoxy) is 3. The van der Waals surface area contributed by atoms with Gasteiger partial charge in [0.25, 0.3) is 0 Å². The molecule has 6 nitrogen and oxygen atoms in total. The first kappa shape index (κ1) is 21.2. The summed E-state index contributed by atoms with van der Waals surface area (Å²) in [6.45, 7) is 1.40. The van der Waals surface area contributed by atoms with Gasteiger partial charge in [0, 0.05) is 0 Å². The van der Waals surface area contributed by atoms with Crippen LogP contribution in [0.25, 0.3) is 0 Å². The van der Waals surface area contributed by atoms with Crippen molar-refractivity contribution in [3.05, 3.63) is 59.7 Å². The van der Waals surface area contributed by atoms with Crippen molar-refractivity contribution < 1.29 is 29.3 Å². The fraction of sp³-hybridized carbons (Fsp3) is 0.429. The number of hydrogen-bond donors (Lipinski definition) is 3. The Hall–Kier alpha value is -2.12. The number of methoxy groups -OCH3 is 2. The molecule has 6 heteroatoms. The molecule has 2 atom stereocenters. The maximum absolute atomic E-state index is 10.3. The second-order valence-electron chi connectivity index (χ2n) is 6.55. The lowest BCUT2D eigenvalue weighted by Crippen LogP contribution is -3.10. The van der Waals surface area contributed by atoms with E-state index in [0.29, 0.717) is 13.1 Å². The van der Waals surface area contributed by atoms with Crippen LogP contribution in [-0.4, -0.2) is 63.9 Å². The Labute approximate surface area is 160 Å². The second-order valence-corrected chi connectivity index (χ2v) is 6.55. The first-order valence-electron chi connectivity index (χ1n) is 9.07. The van der Waals surface area contributed by atoms with Crippen LogP contribution < -0.4 is 14.4 Å². The van der Waals surface area contributed by atoms with Gasteiger partial charge in [-0.25, -0.2) is 0 Å². The van der Waals surface area contributed by atoms with Crippen molar-refractivity contribution in [1.82, 2.24) is 0 Å². The first-order valence-corrected chi connectivity index (χ1v) is 9.07. The zero-order valence-corrected chi connectivity index (χ0v) is 16.2. The average molecular weight is 376 g/mol. The molecule has 0 heterocycles. The van der Waals surface area contributed by atoms with E-state index in [1.165, 1.54) is 0 Å². The molecule has 2 rings (SSSR count). The van der Waals surface area contributed by atoms with E-state index in [1.807, 2.05) is 55.6 Å². The molecular weight excluding hydrogens is 346 g/mol. The topological polar surface area (TPSA) is 72.6 Å². The molecule has 0 aromatic heterocycles. The number of aliphatic hydroxyl groups is 2. The third-order valence-corrected chi connectivity index (χ3v) is 4.42. The number of hydrogen-bond acceptors (Lipinski definition) is 5. The van der Waals surface area contributed by atoms with Crippen LogP contribution in [0.4, 0.5) is 0 Å². The highest BCUT2D eigenvalue weighted by Gasteiger charge is 2.19. The highest BCUT2D eigenvalue weighted by atomic mass is 16.5. The summed E-state index contributed by atoms with van der Waals surface area (Å²) in [5.74, 6) is 1.56. The molecule has 3 N–H and O–H groups in total. The lowest BCUT2D eigenvalue weighted by molar-refractivity contribution is -0.883. The summed E-state index contributed by atoms with van der Waals surface area (Å²) in [6.07, 6.45) is -0.926. The van der Waals surface area contributed by atoms with Crippen molar-refractivity contribution in [3.8, 4) is 11.5 Å². The molecule has 2 aromatic rings. The minimum Gasteiger partial charge on any atom is -0.497 e. The van der Waals surface area contributed by atoms with Crippen molar-refractivity contribution in [2.75, 3.05) is 47.6 Å². The Bertz CT molecular complexity index is 612. The molecule has 148 valence electrons. The van der Waals surface area contributed by atoms with Gasteiger partial charge in [0.2, 0.25) is 0 Å². The van der Waals surface area contributed by atoms with E-state index in [2.05, 4.69) is 0 Å². The highest BCUT2D eigenvalue weighted by Crippen LogP contribution is 2.29. The monoisotopic (exact) mass is 376 g/mol. The summed E-state index contributed by atoms with van der Waals surface area (Å²) >= 11 is 0. The maximum atomic E-state index is 10.3. The third-order valence-electron chi connectivity index (χ3n) is 4.42. The van der Waals surface area contributed by atoms with Crippen LogP contribution in [0.2, 0.25) is 0 Å². The van der Waals surface area contributed by atoms with Crippen LogP contribution in [0.1, 0.15) is 17.2 Å². The van der Waals surface area contributed by atoms with E-state index < -0.39 is 6.10 Å². The predicted octanol–water partition coefficient (Wildman–Crippen LogP) is 0.678. The molecular formula is C21H30NO5+. The smallest absolute Gasteiger partial charge is 0.126 e. The van der Waals surface area contributed by atoms with Crippen LogP contribution in [0, 0.1) is 0 Å². The predicted molar refractivity (Wildman–Crippen MR) is 103 cm³/mol. The molecule has 0 aliphatic heterocycles. The van der Waals surface area contributed by atoms with Crippen molar-refractivity contribution >= 4 is 0 Å². The quantitative estimate of drug-likeness (QED) is 0.538.